The lowest BCUT2D eigenvalue weighted by Crippen LogP contribution is -2.47. The number of urea groups is 1. The van der Waals surface area contributed by atoms with Gasteiger partial charge in [0, 0.05) is 37.0 Å². The summed E-state index contributed by atoms with van der Waals surface area (Å²) in [5.41, 5.74) is 0.855. The van der Waals surface area contributed by atoms with Gasteiger partial charge in [-0.15, -0.1) is 0 Å². The first kappa shape index (κ1) is 17.1. The lowest BCUT2D eigenvalue weighted by atomic mass is 9.86. The van der Waals surface area contributed by atoms with E-state index in [1.54, 1.807) is 12.1 Å². The third kappa shape index (κ3) is 5.43. The van der Waals surface area contributed by atoms with Crippen LogP contribution in [0.4, 0.5) is 16.2 Å². The van der Waals surface area contributed by atoms with Crippen LogP contribution in [-0.4, -0.2) is 30.1 Å². The van der Waals surface area contributed by atoms with Gasteiger partial charge in [0.15, 0.2) is 0 Å². The smallest absolute Gasteiger partial charge is 0.315 e. The van der Waals surface area contributed by atoms with Gasteiger partial charge in [-0.25, -0.2) is 4.79 Å². The zero-order valence-corrected chi connectivity index (χ0v) is 13.4. The molecule has 0 aromatic heterocycles. The molecular formula is C16H24N4O3. The minimum atomic E-state index is -0.429. The number of rotatable bonds is 6. The van der Waals surface area contributed by atoms with Crippen LogP contribution < -0.4 is 16.0 Å². The number of benzene rings is 1. The van der Waals surface area contributed by atoms with Gasteiger partial charge in [0.05, 0.1) is 4.92 Å². The van der Waals surface area contributed by atoms with E-state index in [1.165, 1.54) is 31.4 Å². The van der Waals surface area contributed by atoms with Crippen molar-refractivity contribution in [1.82, 2.24) is 10.6 Å². The summed E-state index contributed by atoms with van der Waals surface area (Å²) in [6.07, 6.45) is 4.65. The Morgan fingerprint density at radius 2 is 1.91 bits per heavy atom. The summed E-state index contributed by atoms with van der Waals surface area (Å²) < 4.78 is 0. The van der Waals surface area contributed by atoms with Crippen molar-refractivity contribution in [3.05, 3.63) is 34.4 Å². The molecule has 2 atom stereocenters. The topological polar surface area (TPSA) is 96.3 Å². The molecule has 0 radical (unpaired) electrons. The predicted molar refractivity (Wildman–Crippen MR) is 89.5 cm³/mol. The van der Waals surface area contributed by atoms with Gasteiger partial charge in [0.25, 0.3) is 5.69 Å². The highest BCUT2D eigenvalue weighted by Gasteiger charge is 2.22. The molecule has 1 aliphatic rings. The Kier molecular flexibility index (Phi) is 6.19. The number of hydrogen-bond acceptors (Lipinski definition) is 4. The van der Waals surface area contributed by atoms with Gasteiger partial charge in [0.1, 0.15) is 0 Å². The summed E-state index contributed by atoms with van der Waals surface area (Å²) in [5, 5.41) is 19.5. The van der Waals surface area contributed by atoms with Crippen LogP contribution in [0.5, 0.6) is 0 Å². The van der Waals surface area contributed by atoms with Crippen LogP contribution in [0, 0.1) is 16.0 Å². The first-order valence-electron chi connectivity index (χ1n) is 8.09. The molecule has 0 spiro atoms. The van der Waals surface area contributed by atoms with Crippen LogP contribution in [0.15, 0.2) is 24.3 Å². The minimum Gasteiger partial charge on any atom is -0.383 e. The van der Waals surface area contributed by atoms with E-state index in [9.17, 15) is 14.9 Å². The van der Waals surface area contributed by atoms with E-state index in [0.29, 0.717) is 19.0 Å². The van der Waals surface area contributed by atoms with Crippen LogP contribution in [-0.2, 0) is 0 Å². The fourth-order valence-electron chi connectivity index (χ4n) is 2.83. The number of carbonyl (C=O) groups is 1. The highest BCUT2D eigenvalue weighted by Crippen LogP contribution is 2.23. The second-order valence-corrected chi connectivity index (χ2v) is 6.00. The van der Waals surface area contributed by atoms with Gasteiger partial charge in [-0.1, -0.05) is 19.8 Å². The van der Waals surface area contributed by atoms with Crippen molar-refractivity contribution in [1.29, 1.82) is 0 Å². The Bertz CT molecular complexity index is 533. The van der Waals surface area contributed by atoms with Crippen molar-refractivity contribution in [3.63, 3.8) is 0 Å². The molecule has 7 heteroatoms. The third-order valence-corrected chi connectivity index (χ3v) is 4.25. The van der Waals surface area contributed by atoms with E-state index < -0.39 is 4.92 Å². The maximum atomic E-state index is 11.9. The molecule has 1 saturated carbocycles. The average Bonchev–Trinajstić information content (AvgIpc) is 2.54. The SMILES string of the molecule is C[C@H]1CCCC[C@@H]1NC(=O)NCCNc1ccc([N+](=O)[O-])cc1. The zero-order valence-electron chi connectivity index (χ0n) is 13.4. The summed E-state index contributed by atoms with van der Waals surface area (Å²) in [6, 6.07) is 6.35. The van der Waals surface area contributed by atoms with Crippen molar-refractivity contribution >= 4 is 17.4 Å². The number of nitro groups is 1. The number of nitro benzene ring substituents is 1. The van der Waals surface area contributed by atoms with Gasteiger partial charge in [0.2, 0.25) is 0 Å². The van der Waals surface area contributed by atoms with Crippen molar-refractivity contribution in [2.24, 2.45) is 5.92 Å². The maximum Gasteiger partial charge on any atom is 0.315 e. The van der Waals surface area contributed by atoms with Crippen LogP contribution in [0.25, 0.3) is 0 Å². The maximum absolute atomic E-state index is 11.9. The first-order chi connectivity index (χ1) is 11.1. The zero-order chi connectivity index (χ0) is 16.7. The monoisotopic (exact) mass is 320 g/mol. The van der Waals surface area contributed by atoms with E-state index in [-0.39, 0.29) is 17.8 Å². The van der Waals surface area contributed by atoms with Crippen LogP contribution >= 0.6 is 0 Å². The second kappa shape index (κ2) is 8.36. The summed E-state index contributed by atoms with van der Waals surface area (Å²) in [7, 11) is 0. The lowest BCUT2D eigenvalue weighted by molar-refractivity contribution is -0.384. The van der Waals surface area contributed by atoms with Gasteiger partial charge in [-0.05, 0) is 30.9 Å². The molecule has 0 saturated heterocycles. The van der Waals surface area contributed by atoms with E-state index in [2.05, 4.69) is 22.9 Å². The fraction of sp³-hybridized carbons (Fsp3) is 0.562. The van der Waals surface area contributed by atoms with E-state index in [4.69, 9.17) is 0 Å². The Balaban J connectivity index is 1.64. The van der Waals surface area contributed by atoms with Crippen LogP contribution in [0.2, 0.25) is 0 Å². The van der Waals surface area contributed by atoms with E-state index in [1.807, 2.05) is 0 Å². The molecule has 23 heavy (non-hydrogen) atoms. The average molecular weight is 320 g/mol. The molecule has 2 rings (SSSR count). The molecule has 7 nitrogen and oxygen atoms in total. The van der Waals surface area contributed by atoms with Crippen molar-refractivity contribution in [2.45, 2.75) is 38.6 Å². The highest BCUT2D eigenvalue weighted by atomic mass is 16.6. The van der Waals surface area contributed by atoms with Crippen molar-refractivity contribution in [3.8, 4) is 0 Å². The Morgan fingerprint density at radius 1 is 1.22 bits per heavy atom. The number of nitrogens with zero attached hydrogens (tertiary/aromatic N) is 1. The molecule has 0 heterocycles. The third-order valence-electron chi connectivity index (χ3n) is 4.25. The fourth-order valence-corrected chi connectivity index (χ4v) is 2.83. The number of hydrogen-bond donors (Lipinski definition) is 3. The molecular weight excluding hydrogens is 296 g/mol. The number of carbonyl (C=O) groups excluding carboxylic acids is 1. The molecule has 1 aromatic carbocycles. The molecule has 1 aliphatic carbocycles. The predicted octanol–water partition coefficient (Wildman–Crippen LogP) is 2.88. The molecule has 0 aliphatic heterocycles. The number of anilines is 1. The summed E-state index contributed by atoms with van der Waals surface area (Å²) in [6.45, 7) is 3.23. The van der Waals surface area contributed by atoms with Crippen LogP contribution in [0.1, 0.15) is 32.6 Å². The molecule has 3 N–H and O–H groups in total. The standard InChI is InChI=1S/C16H24N4O3/c1-12-4-2-3-5-15(12)19-16(21)18-11-10-17-13-6-8-14(9-7-13)20(22)23/h6-9,12,15,17H,2-5,10-11H2,1H3,(H2,18,19,21)/t12-,15-/m0/s1. The van der Waals surface area contributed by atoms with Gasteiger partial charge >= 0.3 is 6.03 Å². The number of non-ortho nitro benzene ring substituents is 1. The largest absolute Gasteiger partial charge is 0.383 e. The molecule has 1 fully saturated rings. The van der Waals surface area contributed by atoms with Crippen molar-refractivity contribution in [2.75, 3.05) is 18.4 Å². The second-order valence-electron chi connectivity index (χ2n) is 6.00. The summed E-state index contributed by atoms with van der Waals surface area (Å²) in [5.74, 6) is 0.535. The Morgan fingerprint density at radius 3 is 2.57 bits per heavy atom. The molecule has 2 amide bonds. The van der Waals surface area contributed by atoms with Gasteiger partial charge in [-0.3, -0.25) is 10.1 Å². The lowest BCUT2D eigenvalue weighted by Gasteiger charge is -2.29. The first-order valence-corrected chi connectivity index (χ1v) is 8.09. The van der Waals surface area contributed by atoms with Crippen LogP contribution in [0.3, 0.4) is 0 Å². The highest BCUT2D eigenvalue weighted by molar-refractivity contribution is 5.74. The van der Waals surface area contributed by atoms with Crippen molar-refractivity contribution < 1.29 is 9.72 Å². The number of amides is 2. The Hall–Kier alpha value is -2.31. The quantitative estimate of drug-likeness (QED) is 0.426. The van der Waals surface area contributed by atoms with E-state index in [0.717, 1.165) is 12.1 Å². The minimum absolute atomic E-state index is 0.0645. The van der Waals surface area contributed by atoms with Gasteiger partial charge < -0.3 is 16.0 Å². The molecule has 0 unspecified atom stereocenters. The van der Waals surface area contributed by atoms with Gasteiger partial charge in [-0.2, -0.15) is 0 Å². The summed E-state index contributed by atoms with van der Waals surface area (Å²) >= 11 is 0. The number of nitrogens with one attached hydrogen (secondary N) is 3. The van der Waals surface area contributed by atoms with E-state index >= 15 is 0 Å². The molecule has 126 valence electrons. The Labute approximate surface area is 136 Å². The molecule has 0 bridgehead atoms. The molecule has 1 aromatic rings. The summed E-state index contributed by atoms with van der Waals surface area (Å²) in [4.78, 5) is 22.0. The normalized spacial score (nSPS) is 20.6.